The first-order chi connectivity index (χ1) is 9.95. The molecule has 21 heavy (non-hydrogen) atoms. The molecular formula is C16H16O5. The summed E-state index contributed by atoms with van der Waals surface area (Å²) in [7, 11) is 0. The lowest BCUT2D eigenvalue weighted by atomic mass is 9.77. The molecule has 2 aromatic carbocycles. The van der Waals surface area contributed by atoms with Gasteiger partial charge >= 0.3 is 0 Å². The monoisotopic (exact) mass is 288 g/mol. The summed E-state index contributed by atoms with van der Waals surface area (Å²) < 4.78 is 0. The van der Waals surface area contributed by atoms with Crippen molar-refractivity contribution in [2.24, 2.45) is 0 Å². The van der Waals surface area contributed by atoms with Gasteiger partial charge in [-0.25, -0.2) is 0 Å². The van der Waals surface area contributed by atoms with Gasteiger partial charge in [0.25, 0.3) is 0 Å². The van der Waals surface area contributed by atoms with Gasteiger partial charge in [0.2, 0.25) is 0 Å². The molecule has 110 valence electrons. The van der Waals surface area contributed by atoms with Crippen LogP contribution in [0.3, 0.4) is 0 Å². The molecular weight excluding hydrogens is 272 g/mol. The van der Waals surface area contributed by atoms with E-state index in [-0.39, 0.29) is 35.3 Å². The smallest absolute Gasteiger partial charge is 0.157 e. The Morgan fingerprint density at radius 2 is 1.57 bits per heavy atom. The Kier molecular flexibility index (Phi) is 3.14. The van der Waals surface area contributed by atoms with Gasteiger partial charge in [0.15, 0.2) is 11.5 Å². The molecule has 0 saturated heterocycles. The van der Waals surface area contributed by atoms with Crippen LogP contribution in [0.1, 0.15) is 22.6 Å². The summed E-state index contributed by atoms with van der Waals surface area (Å²) >= 11 is 0. The van der Waals surface area contributed by atoms with Crippen LogP contribution in [0.4, 0.5) is 0 Å². The average molecular weight is 288 g/mol. The zero-order valence-electron chi connectivity index (χ0n) is 11.2. The van der Waals surface area contributed by atoms with Crippen LogP contribution in [0.15, 0.2) is 30.3 Å². The maximum absolute atomic E-state index is 10.3. The van der Waals surface area contributed by atoms with Crippen LogP contribution in [-0.2, 0) is 12.8 Å². The normalized spacial score (nSPS) is 21.0. The Bertz CT molecular complexity index is 695. The van der Waals surface area contributed by atoms with Crippen molar-refractivity contribution < 1.29 is 25.5 Å². The molecule has 1 aliphatic carbocycles. The van der Waals surface area contributed by atoms with Crippen molar-refractivity contribution in [1.82, 2.24) is 0 Å². The molecule has 5 heteroatoms. The number of fused-ring (bicyclic) bond motifs is 1. The van der Waals surface area contributed by atoms with E-state index < -0.39 is 6.10 Å². The van der Waals surface area contributed by atoms with Gasteiger partial charge in [-0.15, -0.1) is 0 Å². The molecule has 0 heterocycles. The largest absolute Gasteiger partial charge is 0.508 e. The van der Waals surface area contributed by atoms with Gasteiger partial charge in [0.1, 0.15) is 11.5 Å². The molecule has 5 nitrogen and oxygen atoms in total. The van der Waals surface area contributed by atoms with Gasteiger partial charge in [-0.3, -0.25) is 0 Å². The number of hydrogen-bond donors (Lipinski definition) is 5. The molecule has 0 radical (unpaired) electrons. The summed E-state index contributed by atoms with van der Waals surface area (Å²) in [4.78, 5) is 0. The van der Waals surface area contributed by atoms with Gasteiger partial charge in [-0.1, -0.05) is 6.07 Å². The second-order valence-electron chi connectivity index (χ2n) is 5.43. The maximum Gasteiger partial charge on any atom is 0.157 e. The quantitative estimate of drug-likeness (QED) is 0.515. The van der Waals surface area contributed by atoms with Crippen molar-refractivity contribution in [3.63, 3.8) is 0 Å². The third-order valence-electron chi connectivity index (χ3n) is 4.05. The first-order valence-corrected chi connectivity index (χ1v) is 6.69. The third-order valence-corrected chi connectivity index (χ3v) is 4.05. The highest BCUT2D eigenvalue weighted by Crippen LogP contribution is 2.40. The van der Waals surface area contributed by atoms with E-state index in [0.29, 0.717) is 17.5 Å². The average Bonchev–Trinajstić information content (AvgIpc) is 2.42. The predicted molar refractivity (Wildman–Crippen MR) is 75.7 cm³/mol. The zero-order valence-corrected chi connectivity index (χ0v) is 11.2. The molecule has 0 amide bonds. The predicted octanol–water partition coefficient (Wildman–Crippen LogP) is 1.75. The topological polar surface area (TPSA) is 101 Å². The van der Waals surface area contributed by atoms with E-state index in [9.17, 15) is 25.5 Å². The molecule has 2 atom stereocenters. The Morgan fingerprint density at radius 3 is 2.29 bits per heavy atom. The van der Waals surface area contributed by atoms with Crippen LogP contribution in [0.25, 0.3) is 0 Å². The molecule has 0 unspecified atom stereocenters. The maximum atomic E-state index is 10.3. The number of aromatic hydroxyl groups is 4. The molecule has 0 saturated carbocycles. The van der Waals surface area contributed by atoms with Crippen molar-refractivity contribution in [3.05, 3.63) is 47.0 Å². The SMILES string of the molecule is Oc1cc(O)c2c(c1)C[C@H](c1ccc(O)c(O)c1)[C@H](O)C2. The number of benzene rings is 2. The number of phenols is 4. The highest BCUT2D eigenvalue weighted by atomic mass is 16.3. The first-order valence-electron chi connectivity index (χ1n) is 6.69. The fraction of sp³-hybridized carbons (Fsp3) is 0.250. The highest BCUT2D eigenvalue weighted by Gasteiger charge is 2.30. The van der Waals surface area contributed by atoms with Crippen LogP contribution in [0.5, 0.6) is 23.0 Å². The lowest BCUT2D eigenvalue weighted by Gasteiger charge is -2.30. The Balaban J connectivity index is 2.00. The molecule has 0 aromatic heterocycles. The lowest BCUT2D eigenvalue weighted by Crippen LogP contribution is -2.28. The van der Waals surface area contributed by atoms with Crippen LogP contribution < -0.4 is 0 Å². The van der Waals surface area contributed by atoms with E-state index in [0.717, 1.165) is 5.56 Å². The van der Waals surface area contributed by atoms with E-state index in [4.69, 9.17) is 0 Å². The first kappa shape index (κ1) is 13.6. The van der Waals surface area contributed by atoms with E-state index in [1.54, 1.807) is 12.1 Å². The van der Waals surface area contributed by atoms with Crippen molar-refractivity contribution in [2.45, 2.75) is 24.9 Å². The molecule has 0 bridgehead atoms. The molecule has 3 rings (SSSR count). The van der Waals surface area contributed by atoms with E-state index >= 15 is 0 Å². The minimum absolute atomic E-state index is 0.0175. The molecule has 5 N–H and O–H groups in total. The van der Waals surface area contributed by atoms with Crippen LogP contribution in [-0.4, -0.2) is 31.6 Å². The van der Waals surface area contributed by atoms with Gasteiger partial charge in [-0.2, -0.15) is 0 Å². The van der Waals surface area contributed by atoms with E-state index in [2.05, 4.69) is 0 Å². The number of aliphatic hydroxyl groups is 1. The highest BCUT2D eigenvalue weighted by molar-refractivity contribution is 5.49. The standard InChI is InChI=1S/C16H16O5/c17-10-3-9-4-11(8-1-2-13(18)16(21)5-8)15(20)7-12(9)14(19)6-10/h1-3,5-6,11,15,17-21H,4,7H2/t11-,15-/m1/s1. The molecule has 2 aromatic rings. The summed E-state index contributed by atoms with van der Waals surface area (Å²) in [6, 6.07) is 7.30. The van der Waals surface area contributed by atoms with Crippen molar-refractivity contribution in [3.8, 4) is 23.0 Å². The zero-order chi connectivity index (χ0) is 15.1. The minimum Gasteiger partial charge on any atom is -0.508 e. The number of aliphatic hydroxyl groups excluding tert-OH is 1. The van der Waals surface area contributed by atoms with E-state index in [1.165, 1.54) is 18.2 Å². The second kappa shape index (κ2) is 4.86. The Hall–Kier alpha value is -2.40. The van der Waals surface area contributed by atoms with Gasteiger partial charge in [0, 0.05) is 18.4 Å². The number of rotatable bonds is 1. The van der Waals surface area contributed by atoms with Gasteiger partial charge in [-0.05, 0) is 41.3 Å². The van der Waals surface area contributed by atoms with Crippen LogP contribution in [0.2, 0.25) is 0 Å². The minimum atomic E-state index is -0.711. The molecule has 1 aliphatic rings. The molecule has 0 aliphatic heterocycles. The summed E-state index contributed by atoms with van der Waals surface area (Å²) in [5.41, 5.74) is 2.11. The van der Waals surface area contributed by atoms with Crippen LogP contribution in [0, 0.1) is 0 Å². The molecule has 0 fully saturated rings. The van der Waals surface area contributed by atoms with Gasteiger partial charge < -0.3 is 25.5 Å². The number of phenolic OH excluding ortho intramolecular Hbond substituents is 4. The third kappa shape index (κ3) is 2.36. The van der Waals surface area contributed by atoms with Gasteiger partial charge in [0.05, 0.1) is 6.10 Å². The number of hydrogen-bond acceptors (Lipinski definition) is 5. The van der Waals surface area contributed by atoms with E-state index in [1.807, 2.05) is 0 Å². The van der Waals surface area contributed by atoms with Crippen molar-refractivity contribution in [2.75, 3.05) is 0 Å². The second-order valence-corrected chi connectivity index (χ2v) is 5.43. The molecule has 0 spiro atoms. The van der Waals surface area contributed by atoms with Crippen molar-refractivity contribution >= 4 is 0 Å². The summed E-state index contributed by atoms with van der Waals surface area (Å²) in [6.07, 6.45) is -0.00643. The summed E-state index contributed by atoms with van der Waals surface area (Å²) in [5, 5.41) is 48.7. The summed E-state index contributed by atoms with van der Waals surface area (Å²) in [6.45, 7) is 0. The lowest BCUT2D eigenvalue weighted by molar-refractivity contribution is 0.134. The van der Waals surface area contributed by atoms with Crippen LogP contribution >= 0.6 is 0 Å². The fourth-order valence-corrected chi connectivity index (χ4v) is 2.95. The Labute approximate surface area is 121 Å². The summed E-state index contributed by atoms with van der Waals surface area (Å²) in [5.74, 6) is -0.750. The Morgan fingerprint density at radius 1 is 0.810 bits per heavy atom. The fourth-order valence-electron chi connectivity index (χ4n) is 2.95. The van der Waals surface area contributed by atoms with Crippen molar-refractivity contribution in [1.29, 1.82) is 0 Å².